The molecule has 0 radical (unpaired) electrons. The lowest BCUT2D eigenvalue weighted by Crippen LogP contribution is -2.48. The molecule has 0 aliphatic carbocycles. The van der Waals surface area contributed by atoms with Crippen LogP contribution in [0, 0.1) is 0 Å². The lowest BCUT2D eigenvalue weighted by Gasteiger charge is -2.30. The second-order valence-corrected chi connectivity index (χ2v) is 4.21. The van der Waals surface area contributed by atoms with Crippen LogP contribution in [0.25, 0.3) is 0 Å². The average Bonchev–Trinajstić information content (AvgIpc) is 2.32. The molecule has 7 heteroatoms. The van der Waals surface area contributed by atoms with Crippen LogP contribution in [-0.2, 0) is 16.1 Å². The summed E-state index contributed by atoms with van der Waals surface area (Å²) in [6.07, 6.45) is 2.59. The largest absolute Gasteiger partial charge is 0.367 e. The Bertz CT molecular complexity index is 398. The minimum absolute atomic E-state index is 0.366. The van der Waals surface area contributed by atoms with Gasteiger partial charge in [0.1, 0.15) is 11.3 Å². The van der Waals surface area contributed by atoms with E-state index < -0.39 is 12.0 Å². The Balaban J connectivity index is 1.94. The maximum absolute atomic E-state index is 11.0. The van der Waals surface area contributed by atoms with E-state index in [1.807, 2.05) is 0 Å². The van der Waals surface area contributed by atoms with Gasteiger partial charge in [-0.15, -0.1) is 0 Å². The van der Waals surface area contributed by atoms with Gasteiger partial charge in [-0.3, -0.25) is 14.7 Å². The van der Waals surface area contributed by atoms with E-state index >= 15 is 0 Å². The molecule has 1 aliphatic rings. The van der Waals surface area contributed by atoms with Gasteiger partial charge in [-0.1, -0.05) is 11.6 Å². The van der Waals surface area contributed by atoms with Crippen LogP contribution in [-0.4, -0.2) is 46.6 Å². The number of rotatable bonds is 3. The van der Waals surface area contributed by atoms with Crippen molar-refractivity contribution in [1.29, 1.82) is 0 Å². The number of nitrogens with zero attached hydrogens (tertiary/aromatic N) is 3. The van der Waals surface area contributed by atoms with Gasteiger partial charge in [-0.25, -0.2) is 4.98 Å². The van der Waals surface area contributed by atoms with Gasteiger partial charge < -0.3 is 10.5 Å². The van der Waals surface area contributed by atoms with E-state index in [-0.39, 0.29) is 0 Å². The summed E-state index contributed by atoms with van der Waals surface area (Å²) in [7, 11) is 0. The number of primary amides is 1. The van der Waals surface area contributed by atoms with Crippen LogP contribution in [0.1, 0.15) is 5.69 Å². The molecule has 0 saturated carbocycles. The van der Waals surface area contributed by atoms with E-state index in [4.69, 9.17) is 22.1 Å². The van der Waals surface area contributed by atoms with E-state index in [9.17, 15) is 4.79 Å². The fourth-order valence-electron chi connectivity index (χ4n) is 1.67. The van der Waals surface area contributed by atoms with E-state index in [1.54, 1.807) is 6.20 Å². The Kier molecular flexibility index (Phi) is 3.88. The molecule has 2 heterocycles. The van der Waals surface area contributed by atoms with Crippen LogP contribution in [0.2, 0.25) is 5.15 Å². The highest BCUT2D eigenvalue weighted by Gasteiger charge is 2.24. The summed E-state index contributed by atoms with van der Waals surface area (Å²) in [5.74, 6) is -0.433. The highest BCUT2D eigenvalue weighted by atomic mass is 35.5. The van der Waals surface area contributed by atoms with Gasteiger partial charge in [0.25, 0.3) is 0 Å². The number of carbonyl (C=O) groups excluding carboxylic acids is 1. The van der Waals surface area contributed by atoms with Gasteiger partial charge in [0, 0.05) is 19.6 Å². The quantitative estimate of drug-likeness (QED) is 0.811. The Labute approximate surface area is 104 Å². The lowest BCUT2D eigenvalue weighted by atomic mass is 10.2. The third-order valence-corrected chi connectivity index (χ3v) is 2.72. The first-order chi connectivity index (χ1) is 8.15. The van der Waals surface area contributed by atoms with Crippen LogP contribution in [0.15, 0.2) is 12.4 Å². The van der Waals surface area contributed by atoms with Crippen LogP contribution in [0.4, 0.5) is 0 Å². The number of hydrogen-bond acceptors (Lipinski definition) is 5. The van der Waals surface area contributed by atoms with E-state index in [0.717, 1.165) is 12.2 Å². The van der Waals surface area contributed by atoms with Crippen LogP contribution in [0.3, 0.4) is 0 Å². The number of ether oxygens (including phenoxy) is 1. The standard InChI is InChI=1S/C10H13ClN4O2/c11-9-4-13-7(3-14-9)5-15-1-2-17-8(6-15)10(12)16/h3-4,8H,1-2,5-6H2,(H2,12,16)/t8-/m0/s1. The molecule has 0 spiro atoms. The number of hydrogen-bond donors (Lipinski definition) is 1. The van der Waals surface area contributed by atoms with Crippen molar-refractivity contribution in [3.8, 4) is 0 Å². The third-order valence-electron chi connectivity index (χ3n) is 2.53. The van der Waals surface area contributed by atoms with Gasteiger partial charge in [0.05, 0.1) is 24.7 Å². The van der Waals surface area contributed by atoms with Crippen molar-refractivity contribution >= 4 is 17.5 Å². The fourth-order valence-corrected chi connectivity index (χ4v) is 1.77. The topological polar surface area (TPSA) is 81.3 Å². The van der Waals surface area contributed by atoms with Crippen molar-refractivity contribution in [3.05, 3.63) is 23.2 Å². The third kappa shape index (κ3) is 3.36. The summed E-state index contributed by atoms with van der Waals surface area (Å²) in [6.45, 7) is 2.33. The molecular weight excluding hydrogens is 244 g/mol. The first-order valence-corrected chi connectivity index (χ1v) is 5.62. The van der Waals surface area contributed by atoms with Gasteiger partial charge in [0.15, 0.2) is 0 Å². The van der Waals surface area contributed by atoms with Crippen molar-refractivity contribution < 1.29 is 9.53 Å². The van der Waals surface area contributed by atoms with Crippen molar-refractivity contribution in [1.82, 2.24) is 14.9 Å². The fraction of sp³-hybridized carbons (Fsp3) is 0.500. The zero-order chi connectivity index (χ0) is 12.3. The molecule has 1 aromatic heterocycles. The number of halogens is 1. The second kappa shape index (κ2) is 5.39. The van der Waals surface area contributed by atoms with Gasteiger partial charge in [-0.05, 0) is 0 Å². The van der Waals surface area contributed by atoms with Gasteiger partial charge in [0.2, 0.25) is 5.91 Å². The molecule has 17 heavy (non-hydrogen) atoms. The molecule has 92 valence electrons. The maximum atomic E-state index is 11.0. The Morgan fingerprint density at radius 3 is 3.06 bits per heavy atom. The summed E-state index contributed by atoms with van der Waals surface area (Å²) in [5.41, 5.74) is 6.01. The first kappa shape index (κ1) is 12.2. The van der Waals surface area contributed by atoms with E-state index in [0.29, 0.717) is 24.8 Å². The zero-order valence-electron chi connectivity index (χ0n) is 9.17. The number of amides is 1. The predicted octanol–water partition coefficient (Wildman–Crippen LogP) is -0.184. The van der Waals surface area contributed by atoms with Crippen molar-refractivity contribution in [2.75, 3.05) is 19.7 Å². The Morgan fingerprint density at radius 1 is 1.59 bits per heavy atom. The highest BCUT2D eigenvalue weighted by molar-refractivity contribution is 6.29. The van der Waals surface area contributed by atoms with E-state index in [1.165, 1.54) is 6.20 Å². The molecule has 0 aromatic carbocycles. The SMILES string of the molecule is NC(=O)[C@@H]1CN(Cc2cnc(Cl)cn2)CCO1. The molecule has 1 atom stereocenters. The lowest BCUT2D eigenvalue weighted by molar-refractivity contribution is -0.135. The molecule has 2 rings (SSSR count). The summed E-state index contributed by atoms with van der Waals surface area (Å²) < 4.78 is 5.25. The normalized spacial score (nSPS) is 21.4. The highest BCUT2D eigenvalue weighted by Crippen LogP contribution is 2.09. The molecule has 1 saturated heterocycles. The molecule has 1 aromatic rings. The van der Waals surface area contributed by atoms with Crippen LogP contribution >= 0.6 is 11.6 Å². The zero-order valence-corrected chi connectivity index (χ0v) is 9.93. The van der Waals surface area contributed by atoms with Crippen LogP contribution < -0.4 is 5.73 Å². The van der Waals surface area contributed by atoms with Gasteiger partial charge >= 0.3 is 0 Å². The summed E-state index contributed by atoms with van der Waals surface area (Å²) in [6, 6.07) is 0. The minimum atomic E-state index is -0.538. The van der Waals surface area contributed by atoms with Crippen LogP contribution in [0.5, 0.6) is 0 Å². The number of carbonyl (C=O) groups is 1. The molecule has 1 fully saturated rings. The van der Waals surface area contributed by atoms with Gasteiger partial charge in [-0.2, -0.15) is 0 Å². The molecule has 1 amide bonds. The van der Waals surface area contributed by atoms with Crippen molar-refractivity contribution in [2.24, 2.45) is 5.73 Å². The molecular formula is C10H13ClN4O2. The second-order valence-electron chi connectivity index (χ2n) is 3.83. The van der Waals surface area contributed by atoms with Crippen molar-refractivity contribution in [3.63, 3.8) is 0 Å². The first-order valence-electron chi connectivity index (χ1n) is 5.25. The average molecular weight is 257 g/mol. The molecule has 6 nitrogen and oxygen atoms in total. The Hall–Kier alpha value is -1.24. The maximum Gasteiger partial charge on any atom is 0.247 e. The summed E-state index contributed by atoms with van der Waals surface area (Å²) >= 11 is 5.65. The molecule has 0 bridgehead atoms. The Morgan fingerprint density at radius 2 is 2.41 bits per heavy atom. The number of morpholine rings is 1. The molecule has 1 aliphatic heterocycles. The van der Waals surface area contributed by atoms with Crippen molar-refractivity contribution in [2.45, 2.75) is 12.6 Å². The monoisotopic (exact) mass is 256 g/mol. The summed E-state index contributed by atoms with van der Waals surface area (Å²) in [5, 5.41) is 0.366. The molecule has 2 N–H and O–H groups in total. The molecule has 0 unspecified atom stereocenters. The predicted molar refractivity (Wildman–Crippen MR) is 61.3 cm³/mol. The van der Waals surface area contributed by atoms with E-state index in [2.05, 4.69) is 14.9 Å². The number of aromatic nitrogens is 2. The summed E-state index contributed by atoms with van der Waals surface area (Å²) in [4.78, 5) is 21.2. The smallest absolute Gasteiger partial charge is 0.247 e. The number of nitrogens with two attached hydrogens (primary N) is 1. The minimum Gasteiger partial charge on any atom is -0.367 e.